The molecule has 1 aliphatic rings. The molecule has 0 bridgehead atoms. The Morgan fingerprint density at radius 2 is 2.04 bits per heavy atom. The van der Waals surface area contributed by atoms with Gasteiger partial charge in [0.2, 0.25) is 5.91 Å². The molecule has 2 aromatic carbocycles. The zero-order valence-corrected chi connectivity index (χ0v) is 12.6. The first kappa shape index (κ1) is 15.1. The number of anilines is 1. The van der Waals surface area contributed by atoms with E-state index in [0.717, 1.165) is 5.56 Å². The Labute approximate surface area is 132 Å². The summed E-state index contributed by atoms with van der Waals surface area (Å²) in [5, 5.41) is 10.9. The van der Waals surface area contributed by atoms with Gasteiger partial charge in [-0.2, -0.15) is 0 Å². The van der Waals surface area contributed by atoms with Gasteiger partial charge in [0.15, 0.2) is 0 Å². The van der Waals surface area contributed by atoms with Crippen molar-refractivity contribution >= 4 is 17.3 Å². The number of hydrogen-bond donors (Lipinski definition) is 0. The molecule has 0 radical (unpaired) electrons. The summed E-state index contributed by atoms with van der Waals surface area (Å²) in [5.74, 6) is -0.429. The van der Waals surface area contributed by atoms with Crippen molar-refractivity contribution in [1.29, 1.82) is 0 Å². The van der Waals surface area contributed by atoms with Crippen molar-refractivity contribution in [3.05, 3.63) is 69.0 Å². The molecule has 6 heteroatoms. The van der Waals surface area contributed by atoms with Gasteiger partial charge in [-0.25, -0.2) is 4.39 Å². The van der Waals surface area contributed by atoms with Crippen LogP contribution in [0.25, 0.3) is 0 Å². The van der Waals surface area contributed by atoms with Crippen LogP contribution >= 0.6 is 0 Å². The van der Waals surface area contributed by atoms with Crippen molar-refractivity contribution in [2.24, 2.45) is 0 Å². The Bertz CT molecular complexity index is 804. The Balaban J connectivity index is 1.99. The SMILES string of the molecule is Cc1cccc(CN2C(=O)CCc3cc([N+](=O)[O-])ccc32)c1F. The van der Waals surface area contributed by atoms with Crippen molar-refractivity contribution in [2.45, 2.75) is 26.3 Å². The minimum atomic E-state index is -0.457. The number of fused-ring (bicyclic) bond motifs is 1. The zero-order valence-electron chi connectivity index (χ0n) is 12.6. The van der Waals surface area contributed by atoms with E-state index in [2.05, 4.69) is 0 Å². The lowest BCUT2D eigenvalue weighted by Gasteiger charge is -2.29. The molecule has 0 atom stereocenters. The van der Waals surface area contributed by atoms with Gasteiger partial charge in [-0.3, -0.25) is 14.9 Å². The molecule has 1 aliphatic heterocycles. The van der Waals surface area contributed by atoms with Crippen LogP contribution in [0.1, 0.15) is 23.1 Å². The maximum atomic E-state index is 14.2. The molecule has 0 unspecified atom stereocenters. The lowest BCUT2D eigenvalue weighted by molar-refractivity contribution is -0.384. The molecular weight excluding hydrogens is 299 g/mol. The molecule has 1 amide bonds. The van der Waals surface area contributed by atoms with Crippen LogP contribution in [0.2, 0.25) is 0 Å². The molecule has 0 fully saturated rings. The van der Waals surface area contributed by atoms with Crippen LogP contribution in [0.15, 0.2) is 36.4 Å². The summed E-state index contributed by atoms with van der Waals surface area (Å²) in [5.41, 5.74) is 2.32. The second-order valence-corrected chi connectivity index (χ2v) is 5.60. The number of nitro groups is 1. The minimum absolute atomic E-state index is 0.000199. The predicted molar refractivity (Wildman–Crippen MR) is 83.7 cm³/mol. The number of halogens is 1. The van der Waals surface area contributed by atoms with Gasteiger partial charge in [-0.1, -0.05) is 18.2 Å². The Kier molecular flexibility index (Phi) is 3.82. The molecule has 0 aliphatic carbocycles. The van der Waals surface area contributed by atoms with Gasteiger partial charge in [-0.15, -0.1) is 0 Å². The van der Waals surface area contributed by atoms with E-state index in [9.17, 15) is 19.3 Å². The number of nitro benzene ring substituents is 1. The Morgan fingerprint density at radius 3 is 2.78 bits per heavy atom. The summed E-state index contributed by atoms with van der Waals surface area (Å²) in [6.07, 6.45) is 0.726. The molecule has 3 rings (SSSR count). The molecule has 2 aromatic rings. The Morgan fingerprint density at radius 1 is 1.26 bits per heavy atom. The number of hydrogen-bond acceptors (Lipinski definition) is 3. The van der Waals surface area contributed by atoms with E-state index in [-0.39, 0.29) is 30.4 Å². The number of rotatable bonds is 3. The second kappa shape index (κ2) is 5.79. The molecular formula is C17H15FN2O3. The third kappa shape index (κ3) is 2.79. The summed E-state index contributed by atoms with van der Waals surface area (Å²) in [6.45, 7) is 1.80. The first-order valence-corrected chi connectivity index (χ1v) is 7.29. The highest BCUT2D eigenvalue weighted by Gasteiger charge is 2.26. The molecule has 5 nitrogen and oxygen atoms in total. The molecule has 0 aromatic heterocycles. The largest absolute Gasteiger partial charge is 0.308 e. The number of non-ortho nitro benzene ring substituents is 1. The summed E-state index contributed by atoms with van der Waals surface area (Å²) < 4.78 is 14.2. The fraction of sp³-hybridized carbons (Fsp3) is 0.235. The summed E-state index contributed by atoms with van der Waals surface area (Å²) in [6, 6.07) is 9.50. The number of aryl methyl sites for hydroxylation is 2. The number of carbonyl (C=O) groups is 1. The van der Waals surface area contributed by atoms with Crippen LogP contribution in [0, 0.1) is 22.9 Å². The molecule has 0 saturated heterocycles. The highest BCUT2D eigenvalue weighted by atomic mass is 19.1. The average Bonchev–Trinajstić information content (AvgIpc) is 2.53. The number of benzene rings is 2. The van der Waals surface area contributed by atoms with Gasteiger partial charge in [0.25, 0.3) is 5.69 Å². The van der Waals surface area contributed by atoms with E-state index < -0.39 is 4.92 Å². The predicted octanol–water partition coefficient (Wildman–Crippen LogP) is 3.52. The molecule has 0 spiro atoms. The van der Waals surface area contributed by atoms with E-state index in [1.807, 2.05) is 0 Å². The summed E-state index contributed by atoms with van der Waals surface area (Å²) >= 11 is 0. The molecule has 0 saturated carbocycles. The van der Waals surface area contributed by atoms with E-state index >= 15 is 0 Å². The van der Waals surface area contributed by atoms with E-state index in [1.54, 1.807) is 31.2 Å². The minimum Gasteiger partial charge on any atom is -0.308 e. The van der Waals surface area contributed by atoms with Gasteiger partial charge >= 0.3 is 0 Å². The zero-order chi connectivity index (χ0) is 16.6. The lowest BCUT2D eigenvalue weighted by Crippen LogP contribution is -2.34. The standard InChI is InChI=1S/C17H15FN2O3/c1-11-3-2-4-13(17(11)18)10-19-15-7-6-14(20(22)23)9-12(15)5-8-16(19)21/h2-4,6-7,9H,5,8,10H2,1H3. The van der Waals surface area contributed by atoms with Crippen molar-refractivity contribution in [1.82, 2.24) is 0 Å². The first-order valence-electron chi connectivity index (χ1n) is 7.29. The van der Waals surface area contributed by atoms with Crippen molar-refractivity contribution < 1.29 is 14.1 Å². The third-order valence-corrected chi connectivity index (χ3v) is 4.07. The third-order valence-electron chi connectivity index (χ3n) is 4.07. The molecule has 23 heavy (non-hydrogen) atoms. The number of amides is 1. The van der Waals surface area contributed by atoms with E-state index in [1.165, 1.54) is 17.0 Å². The van der Waals surface area contributed by atoms with Crippen LogP contribution in [0.3, 0.4) is 0 Å². The maximum Gasteiger partial charge on any atom is 0.269 e. The van der Waals surface area contributed by atoms with Crippen molar-refractivity contribution in [3.63, 3.8) is 0 Å². The highest BCUT2D eigenvalue weighted by molar-refractivity contribution is 5.96. The smallest absolute Gasteiger partial charge is 0.269 e. The van der Waals surface area contributed by atoms with Crippen molar-refractivity contribution in [2.75, 3.05) is 4.90 Å². The van der Waals surface area contributed by atoms with Gasteiger partial charge in [0, 0.05) is 29.8 Å². The fourth-order valence-corrected chi connectivity index (χ4v) is 2.83. The Hall–Kier alpha value is -2.76. The van der Waals surface area contributed by atoms with E-state index in [0.29, 0.717) is 23.2 Å². The van der Waals surface area contributed by atoms with Crippen LogP contribution in [-0.2, 0) is 17.8 Å². The normalized spacial score (nSPS) is 13.8. The van der Waals surface area contributed by atoms with Gasteiger partial charge in [-0.05, 0) is 30.5 Å². The fourth-order valence-electron chi connectivity index (χ4n) is 2.83. The summed E-state index contributed by atoms with van der Waals surface area (Å²) in [4.78, 5) is 24.2. The van der Waals surface area contributed by atoms with Crippen LogP contribution in [0.4, 0.5) is 15.8 Å². The second-order valence-electron chi connectivity index (χ2n) is 5.60. The monoisotopic (exact) mass is 314 g/mol. The van der Waals surface area contributed by atoms with Gasteiger partial charge in [0.1, 0.15) is 5.82 Å². The van der Waals surface area contributed by atoms with Crippen molar-refractivity contribution in [3.8, 4) is 0 Å². The van der Waals surface area contributed by atoms with Gasteiger partial charge < -0.3 is 4.90 Å². The molecule has 118 valence electrons. The summed E-state index contributed by atoms with van der Waals surface area (Å²) in [7, 11) is 0. The van der Waals surface area contributed by atoms with E-state index in [4.69, 9.17) is 0 Å². The average molecular weight is 314 g/mol. The molecule has 0 N–H and O–H groups in total. The van der Waals surface area contributed by atoms with Crippen LogP contribution in [0.5, 0.6) is 0 Å². The molecule has 1 heterocycles. The number of nitrogens with zero attached hydrogens (tertiary/aromatic N) is 2. The topological polar surface area (TPSA) is 63.5 Å². The van der Waals surface area contributed by atoms with Crippen LogP contribution in [-0.4, -0.2) is 10.8 Å². The van der Waals surface area contributed by atoms with Gasteiger partial charge in [0.05, 0.1) is 11.5 Å². The maximum absolute atomic E-state index is 14.2. The number of carbonyl (C=O) groups excluding carboxylic acids is 1. The quantitative estimate of drug-likeness (QED) is 0.643. The highest BCUT2D eigenvalue weighted by Crippen LogP contribution is 2.32. The lowest BCUT2D eigenvalue weighted by atomic mass is 9.99. The first-order chi connectivity index (χ1) is 11.0. The van der Waals surface area contributed by atoms with Crippen LogP contribution < -0.4 is 4.90 Å².